The Morgan fingerprint density at radius 1 is 1.35 bits per heavy atom. The summed E-state index contributed by atoms with van der Waals surface area (Å²) in [5, 5.41) is 0.795. The molecule has 0 aliphatic rings. The first-order valence-electron chi connectivity index (χ1n) is 7.63. The van der Waals surface area contributed by atoms with Gasteiger partial charge in [-0.3, -0.25) is 4.90 Å². The van der Waals surface area contributed by atoms with Crippen molar-refractivity contribution < 1.29 is 0 Å². The monoisotopic (exact) mass is 296 g/mol. The molecule has 2 unspecified atom stereocenters. The van der Waals surface area contributed by atoms with Crippen molar-refractivity contribution >= 4 is 11.6 Å². The number of nitrogens with two attached hydrogens (primary N) is 1. The zero-order valence-electron chi connectivity index (χ0n) is 13.3. The van der Waals surface area contributed by atoms with E-state index in [1.54, 1.807) is 0 Å². The summed E-state index contributed by atoms with van der Waals surface area (Å²) in [5.41, 5.74) is 7.35. The molecule has 0 fully saturated rings. The van der Waals surface area contributed by atoms with Crippen LogP contribution in [0, 0.1) is 0 Å². The molecule has 0 amide bonds. The average molecular weight is 297 g/mol. The first-order chi connectivity index (χ1) is 9.44. The van der Waals surface area contributed by atoms with E-state index in [0.717, 1.165) is 11.4 Å². The minimum absolute atomic E-state index is 0.0386. The maximum atomic E-state index is 6.10. The van der Waals surface area contributed by atoms with Gasteiger partial charge in [0.15, 0.2) is 0 Å². The summed E-state index contributed by atoms with van der Waals surface area (Å²) in [4.78, 5) is 2.40. The van der Waals surface area contributed by atoms with Gasteiger partial charge in [-0.15, -0.1) is 0 Å². The fourth-order valence-electron chi connectivity index (χ4n) is 2.64. The standard InChI is InChI=1S/C17H29ClN2/c1-5-6-7-11-17(3,13-19)20(4)14(2)15-9-8-10-16(18)12-15/h8-10,12,14H,5-7,11,13,19H2,1-4H3. The lowest BCUT2D eigenvalue weighted by Gasteiger charge is -2.42. The normalized spacial score (nSPS) is 16.1. The van der Waals surface area contributed by atoms with Crippen LogP contribution in [0.25, 0.3) is 0 Å². The van der Waals surface area contributed by atoms with Crippen LogP contribution in [0.1, 0.15) is 58.1 Å². The van der Waals surface area contributed by atoms with E-state index in [4.69, 9.17) is 17.3 Å². The molecule has 0 aliphatic heterocycles. The lowest BCUT2D eigenvalue weighted by Crippen LogP contribution is -2.50. The van der Waals surface area contributed by atoms with Crippen LogP contribution >= 0.6 is 11.6 Å². The summed E-state index contributed by atoms with van der Waals surface area (Å²) in [5.74, 6) is 0. The van der Waals surface area contributed by atoms with Crippen LogP contribution in [0.4, 0.5) is 0 Å². The zero-order valence-corrected chi connectivity index (χ0v) is 14.1. The topological polar surface area (TPSA) is 29.3 Å². The van der Waals surface area contributed by atoms with Crippen molar-refractivity contribution in [3.63, 3.8) is 0 Å². The summed E-state index contributed by atoms with van der Waals surface area (Å²) >= 11 is 6.10. The maximum absolute atomic E-state index is 6.10. The Hall–Kier alpha value is -0.570. The molecule has 1 rings (SSSR count). The van der Waals surface area contributed by atoms with Crippen LogP contribution in [0.3, 0.4) is 0 Å². The molecule has 0 spiro atoms. The molecule has 2 atom stereocenters. The Balaban J connectivity index is 2.81. The third-order valence-corrected chi connectivity index (χ3v) is 4.76. The number of benzene rings is 1. The minimum atomic E-state index is 0.0386. The third-order valence-electron chi connectivity index (χ3n) is 4.52. The summed E-state index contributed by atoms with van der Waals surface area (Å²) in [6.45, 7) is 7.40. The summed E-state index contributed by atoms with van der Waals surface area (Å²) in [6, 6.07) is 8.42. The van der Waals surface area contributed by atoms with Crippen molar-refractivity contribution in [2.24, 2.45) is 5.73 Å². The van der Waals surface area contributed by atoms with Gasteiger partial charge < -0.3 is 5.73 Å². The van der Waals surface area contributed by atoms with E-state index in [-0.39, 0.29) is 5.54 Å². The van der Waals surface area contributed by atoms with E-state index < -0.39 is 0 Å². The SMILES string of the molecule is CCCCCC(C)(CN)N(C)C(C)c1cccc(Cl)c1. The highest BCUT2D eigenvalue weighted by Crippen LogP contribution is 2.30. The van der Waals surface area contributed by atoms with Crippen LogP contribution in [0.15, 0.2) is 24.3 Å². The zero-order chi connectivity index (χ0) is 15.2. The van der Waals surface area contributed by atoms with Crippen LogP contribution in [0.2, 0.25) is 5.02 Å². The van der Waals surface area contributed by atoms with Crippen molar-refractivity contribution in [1.29, 1.82) is 0 Å². The molecule has 0 bridgehead atoms. The lowest BCUT2D eigenvalue weighted by molar-refractivity contribution is 0.0892. The number of hydrogen-bond acceptors (Lipinski definition) is 2. The molecule has 0 saturated carbocycles. The van der Waals surface area contributed by atoms with Gasteiger partial charge in [0.1, 0.15) is 0 Å². The van der Waals surface area contributed by atoms with Crippen LogP contribution in [0.5, 0.6) is 0 Å². The van der Waals surface area contributed by atoms with E-state index >= 15 is 0 Å². The summed E-state index contributed by atoms with van der Waals surface area (Å²) in [6.07, 6.45) is 4.89. The first-order valence-corrected chi connectivity index (χ1v) is 8.01. The highest BCUT2D eigenvalue weighted by Gasteiger charge is 2.30. The van der Waals surface area contributed by atoms with Crippen molar-refractivity contribution in [2.45, 2.75) is 58.0 Å². The fraction of sp³-hybridized carbons (Fsp3) is 0.647. The second-order valence-corrected chi connectivity index (χ2v) is 6.44. The molecule has 20 heavy (non-hydrogen) atoms. The second kappa shape index (κ2) is 8.02. The highest BCUT2D eigenvalue weighted by molar-refractivity contribution is 6.30. The molecular formula is C17H29ClN2. The van der Waals surface area contributed by atoms with Crippen molar-refractivity contribution in [1.82, 2.24) is 4.90 Å². The minimum Gasteiger partial charge on any atom is -0.329 e. The number of likely N-dealkylation sites (N-methyl/N-ethyl adjacent to an activating group) is 1. The average Bonchev–Trinajstić information content (AvgIpc) is 2.45. The molecule has 0 aliphatic carbocycles. The van der Waals surface area contributed by atoms with Crippen molar-refractivity contribution in [3.05, 3.63) is 34.9 Å². The third kappa shape index (κ3) is 4.47. The molecule has 0 radical (unpaired) electrons. The van der Waals surface area contributed by atoms with Crippen LogP contribution in [-0.4, -0.2) is 24.0 Å². The summed E-state index contributed by atoms with van der Waals surface area (Å²) in [7, 11) is 2.17. The van der Waals surface area contributed by atoms with E-state index in [0.29, 0.717) is 12.6 Å². The number of nitrogens with zero attached hydrogens (tertiary/aromatic N) is 1. The van der Waals surface area contributed by atoms with Gasteiger partial charge in [0, 0.05) is 23.1 Å². The van der Waals surface area contributed by atoms with Gasteiger partial charge in [-0.1, -0.05) is 49.9 Å². The highest BCUT2D eigenvalue weighted by atomic mass is 35.5. The van der Waals surface area contributed by atoms with Crippen LogP contribution < -0.4 is 5.73 Å². The Bertz CT molecular complexity index is 408. The molecule has 1 aromatic carbocycles. The van der Waals surface area contributed by atoms with Gasteiger partial charge in [0.2, 0.25) is 0 Å². The molecular weight excluding hydrogens is 268 g/mol. The smallest absolute Gasteiger partial charge is 0.0409 e. The number of rotatable bonds is 8. The van der Waals surface area contributed by atoms with Crippen molar-refractivity contribution in [2.75, 3.05) is 13.6 Å². The Morgan fingerprint density at radius 3 is 2.60 bits per heavy atom. The Morgan fingerprint density at radius 2 is 2.05 bits per heavy atom. The first kappa shape index (κ1) is 17.5. The molecule has 2 N–H and O–H groups in total. The van der Waals surface area contributed by atoms with Gasteiger partial charge in [0.25, 0.3) is 0 Å². The lowest BCUT2D eigenvalue weighted by atomic mass is 9.90. The van der Waals surface area contributed by atoms with Gasteiger partial charge in [0.05, 0.1) is 0 Å². The Kier molecular flexibility index (Phi) is 7.01. The summed E-state index contributed by atoms with van der Waals surface area (Å²) < 4.78 is 0. The molecule has 0 saturated heterocycles. The second-order valence-electron chi connectivity index (χ2n) is 6.00. The largest absolute Gasteiger partial charge is 0.329 e. The predicted molar refractivity (Wildman–Crippen MR) is 89.2 cm³/mol. The van der Waals surface area contributed by atoms with Crippen LogP contribution in [-0.2, 0) is 0 Å². The number of unbranched alkanes of at least 4 members (excludes halogenated alkanes) is 2. The van der Waals surface area contributed by atoms with E-state index in [1.165, 1.54) is 24.8 Å². The number of halogens is 1. The molecule has 0 aromatic heterocycles. The molecule has 0 heterocycles. The van der Waals surface area contributed by atoms with Crippen molar-refractivity contribution in [3.8, 4) is 0 Å². The molecule has 1 aromatic rings. The molecule has 3 heteroatoms. The molecule has 2 nitrogen and oxygen atoms in total. The van der Waals surface area contributed by atoms with Gasteiger partial charge >= 0.3 is 0 Å². The number of hydrogen-bond donors (Lipinski definition) is 1. The van der Waals surface area contributed by atoms with E-state index in [1.807, 2.05) is 18.2 Å². The fourth-order valence-corrected chi connectivity index (χ4v) is 2.83. The van der Waals surface area contributed by atoms with E-state index in [9.17, 15) is 0 Å². The quantitative estimate of drug-likeness (QED) is 0.709. The van der Waals surface area contributed by atoms with Gasteiger partial charge in [-0.2, -0.15) is 0 Å². The van der Waals surface area contributed by atoms with Gasteiger partial charge in [-0.25, -0.2) is 0 Å². The predicted octanol–water partition coefficient (Wildman–Crippen LogP) is 4.63. The van der Waals surface area contributed by atoms with Gasteiger partial charge in [-0.05, 0) is 45.0 Å². The van der Waals surface area contributed by atoms with E-state index in [2.05, 4.69) is 38.8 Å². The Labute approximate surface area is 129 Å². The maximum Gasteiger partial charge on any atom is 0.0409 e. The molecule has 114 valence electrons.